The number of fused-ring (bicyclic) bond motifs is 2. The van der Waals surface area contributed by atoms with Crippen LogP contribution in [0.25, 0.3) is 0 Å². The van der Waals surface area contributed by atoms with Gasteiger partial charge >= 0.3 is 0 Å². The number of rotatable bonds is 2. The van der Waals surface area contributed by atoms with E-state index >= 15 is 0 Å². The van der Waals surface area contributed by atoms with Crippen LogP contribution in [0.3, 0.4) is 0 Å². The van der Waals surface area contributed by atoms with Crippen LogP contribution in [0.1, 0.15) is 45.5 Å². The van der Waals surface area contributed by atoms with E-state index in [4.69, 9.17) is 18.9 Å². The zero-order valence-electron chi connectivity index (χ0n) is 23.7. The Bertz CT molecular complexity index is 1650. The van der Waals surface area contributed by atoms with E-state index in [1.54, 1.807) is 20.3 Å². The number of hydrogen-bond donors (Lipinski definition) is 4. The molecule has 4 aromatic rings. The summed E-state index contributed by atoms with van der Waals surface area (Å²) < 4.78 is 24.2. The van der Waals surface area contributed by atoms with Gasteiger partial charge in [-0.25, -0.2) is 0 Å². The molecule has 216 valence electrons. The zero-order chi connectivity index (χ0) is 28.8. The maximum Gasteiger partial charge on any atom is 0.201 e. The molecule has 4 aliphatic rings. The monoisotopic (exact) mass is 566 g/mol. The predicted octanol–water partition coefficient (Wildman–Crippen LogP) is 5.87. The van der Waals surface area contributed by atoms with E-state index in [1.165, 1.54) is 5.56 Å². The van der Waals surface area contributed by atoms with Crippen LogP contribution in [0.5, 0.6) is 46.0 Å². The van der Waals surface area contributed by atoms with Gasteiger partial charge in [-0.3, -0.25) is 0 Å². The van der Waals surface area contributed by atoms with Crippen molar-refractivity contribution < 1.29 is 29.2 Å². The number of ether oxygens (including phenoxy) is 4. The van der Waals surface area contributed by atoms with Crippen molar-refractivity contribution in [2.45, 2.75) is 37.8 Å². The van der Waals surface area contributed by atoms with Crippen molar-refractivity contribution in [3.8, 4) is 46.0 Å². The van der Waals surface area contributed by atoms with Crippen molar-refractivity contribution in [3.63, 3.8) is 0 Å². The third-order valence-electron chi connectivity index (χ3n) is 8.55. The van der Waals surface area contributed by atoms with Crippen molar-refractivity contribution in [2.24, 2.45) is 0 Å². The minimum atomic E-state index is -0.107. The third kappa shape index (κ3) is 4.76. The van der Waals surface area contributed by atoms with Crippen molar-refractivity contribution in [1.29, 1.82) is 0 Å². The molecular formula is C34H34N2O6. The average molecular weight is 567 g/mol. The number of methoxy groups -OCH3 is 2. The highest BCUT2D eigenvalue weighted by molar-refractivity contribution is 5.63. The Labute approximate surface area is 244 Å². The van der Waals surface area contributed by atoms with Crippen LogP contribution in [0.15, 0.2) is 60.7 Å². The Morgan fingerprint density at radius 1 is 0.714 bits per heavy atom. The van der Waals surface area contributed by atoms with Gasteiger partial charge in [-0.1, -0.05) is 18.2 Å². The number of nitrogens with one attached hydrogen (secondary N) is 2. The quantitative estimate of drug-likeness (QED) is 0.239. The number of phenols is 2. The van der Waals surface area contributed by atoms with Crippen molar-refractivity contribution in [1.82, 2.24) is 10.6 Å². The van der Waals surface area contributed by atoms with Crippen LogP contribution in [-0.4, -0.2) is 37.5 Å². The molecule has 0 spiro atoms. The van der Waals surface area contributed by atoms with Crippen LogP contribution in [0.4, 0.5) is 0 Å². The van der Waals surface area contributed by atoms with Crippen LogP contribution in [0, 0.1) is 0 Å². The molecule has 0 saturated heterocycles. The minimum Gasteiger partial charge on any atom is -0.504 e. The summed E-state index contributed by atoms with van der Waals surface area (Å²) in [6.45, 7) is 1.61. The molecule has 0 aromatic heterocycles. The van der Waals surface area contributed by atoms with E-state index in [-0.39, 0.29) is 23.6 Å². The van der Waals surface area contributed by atoms with E-state index in [9.17, 15) is 10.2 Å². The van der Waals surface area contributed by atoms with Crippen molar-refractivity contribution in [3.05, 3.63) is 94.0 Å². The van der Waals surface area contributed by atoms with E-state index < -0.39 is 0 Å². The van der Waals surface area contributed by atoms with Gasteiger partial charge in [-0.15, -0.1) is 0 Å². The molecular weight excluding hydrogens is 532 g/mol. The van der Waals surface area contributed by atoms with Crippen LogP contribution >= 0.6 is 0 Å². The molecule has 8 heteroatoms. The molecule has 6 bridgehead atoms. The molecule has 0 radical (unpaired) electrons. The molecule has 0 aliphatic carbocycles. The fourth-order valence-electron chi connectivity index (χ4n) is 6.44. The molecule has 42 heavy (non-hydrogen) atoms. The van der Waals surface area contributed by atoms with Crippen LogP contribution in [0.2, 0.25) is 0 Å². The van der Waals surface area contributed by atoms with Crippen molar-refractivity contribution in [2.75, 3.05) is 27.3 Å². The first-order valence-corrected chi connectivity index (χ1v) is 14.4. The minimum absolute atomic E-state index is 0.000183. The van der Waals surface area contributed by atoms with Crippen LogP contribution < -0.4 is 29.6 Å². The molecule has 4 heterocycles. The lowest BCUT2D eigenvalue weighted by molar-refractivity contribution is 0.334. The van der Waals surface area contributed by atoms with E-state index in [1.807, 2.05) is 54.6 Å². The standard InChI is InChI=1S/C34H34N2O6/c1-39-29-16-21-9-11-35-25-14-20-5-8-27(37)28(15-20)41-23-6-3-19(4-7-23)13-26-32-22(10-12-36-26)17-31(40-2)33(38)34(32)42-30(29)18-24(21)25/h3-8,15-18,25-26,35-38H,9-14H2,1-2H3. The molecule has 0 saturated carbocycles. The molecule has 2 atom stereocenters. The van der Waals surface area contributed by atoms with Gasteiger partial charge in [-0.2, -0.15) is 0 Å². The molecule has 4 aromatic carbocycles. The van der Waals surface area contributed by atoms with Gasteiger partial charge in [0, 0.05) is 17.6 Å². The summed E-state index contributed by atoms with van der Waals surface area (Å²) in [5, 5.41) is 29.3. The lowest BCUT2D eigenvalue weighted by Gasteiger charge is -2.31. The fraction of sp³-hybridized carbons (Fsp3) is 0.294. The normalized spacial score (nSPS) is 19.0. The smallest absolute Gasteiger partial charge is 0.201 e. The Balaban J connectivity index is 1.42. The number of benzene rings is 4. The predicted molar refractivity (Wildman–Crippen MR) is 159 cm³/mol. The first-order chi connectivity index (χ1) is 20.5. The van der Waals surface area contributed by atoms with Crippen molar-refractivity contribution >= 4 is 0 Å². The Kier molecular flexibility index (Phi) is 6.80. The first kappa shape index (κ1) is 26.5. The van der Waals surface area contributed by atoms with E-state index in [0.717, 1.165) is 53.7 Å². The Hall–Kier alpha value is -4.40. The number of aromatic hydroxyl groups is 2. The highest BCUT2D eigenvalue weighted by Crippen LogP contribution is 2.49. The highest BCUT2D eigenvalue weighted by Gasteiger charge is 2.31. The maximum absolute atomic E-state index is 11.4. The summed E-state index contributed by atoms with van der Waals surface area (Å²) in [4.78, 5) is 0. The average Bonchev–Trinajstić information content (AvgIpc) is 3.00. The largest absolute Gasteiger partial charge is 0.504 e. The van der Waals surface area contributed by atoms with Gasteiger partial charge in [-0.05, 0) is 109 Å². The van der Waals surface area contributed by atoms with E-state index in [0.29, 0.717) is 47.3 Å². The van der Waals surface area contributed by atoms with Gasteiger partial charge < -0.3 is 39.8 Å². The summed E-state index contributed by atoms with van der Waals surface area (Å²) in [6, 6.07) is 19.3. The maximum atomic E-state index is 11.4. The lowest BCUT2D eigenvalue weighted by Crippen LogP contribution is -2.32. The molecule has 8 rings (SSSR count). The molecule has 0 amide bonds. The van der Waals surface area contributed by atoms with Gasteiger partial charge in [0.15, 0.2) is 34.5 Å². The summed E-state index contributed by atoms with van der Waals surface area (Å²) in [5.74, 6) is 3.03. The lowest BCUT2D eigenvalue weighted by atomic mass is 9.88. The molecule has 4 N–H and O–H groups in total. The zero-order valence-corrected chi connectivity index (χ0v) is 23.7. The molecule has 4 aliphatic heterocycles. The first-order valence-electron chi connectivity index (χ1n) is 14.4. The highest BCUT2D eigenvalue weighted by atomic mass is 16.5. The summed E-state index contributed by atoms with van der Waals surface area (Å²) in [7, 11) is 3.19. The summed E-state index contributed by atoms with van der Waals surface area (Å²) in [6.07, 6.45) is 2.98. The van der Waals surface area contributed by atoms with Gasteiger partial charge in [0.1, 0.15) is 5.75 Å². The topological polar surface area (TPSA) is 101 Å². The number of phenolic OH excluding ortho intramolecular Hbond substituents is 2. The number of hydrogen-bond acceptors (Lipinski definition) is 8. The second-order valence-electron chi connectivity index (χ2n) is 11.1. The molecule has 8 nitrogen and oxygen atoms in total. The Morgan fingerprint density at radius 2 is 1.40 bits per heavy atom. The van der Waals surface area contributed by atoms with Gasteiger partial charge in [0.2, 0.25) is 5.75 Å². The molecule has 0 fully saturated rings. The second-order valence-corrected chi connectivity index (χ2v) is 11.1. The Morgan fingerprint density at radius 3 is 2.19 bits per heavy atom. The van der Waals surface area contributed by atoms with Gasteiger partial charge in [0.05, 0.1) is 14.2 Å². The second kappa shape index (κ2) is 10.8. The van der Waals surface area contributed by atoms with Crippen LogP contribution in [-0.2, 0) is 25.7 Å². The SMILES string of the molecule is COc1cc2c3cc1Oc1c(O)c(OC)cc4c1C(Cc1ccc(cc1)Oc1cc(ccc1O)CC3NCC2)NCC4. The molecule has 2 unspecified atom stereocenters. The third-order valence-corrected chi connectivity index (χ3v) is 8.55. The van der Waals surface area contributed by atoms with Gasteiger partial charge in [0.25, 0.3) is 0 Å². The summed E-state index contributed by atoms with van der Waals surface area (Å²) >= 11 is 0. The fourth-order valence-corrected chi connectivity index (χ4v) is 6.44. The van der Waals surface area contributed by atoms with E-state index in [2.05, 4.69) is 10.6 Å². The summed E-state index contributed by atoms with van der Waals surface area (Å²) in [5.41, 5.74) is 6.39.